The van der Waals surface area contributed by atoms with E-state index in [1.807, 2.05) is 49.4 Å². The second-order valence-electron chi connectivity index (χ2n) is 7.32. The number of amides is 1. The highest BCUT2D eigenvalue weighted by Gasteiger charge is 2.32. The van der Waals surface area contributed by atoms with Gasteiger partial charge in [0.15, 0.2) is 0 Å². The van der Waals surface area contributed by atoms with Crippen LogP contribution in [0, 0.1) is 6.92 Å². The fourth-order valence-electron chi connectivity index (χ4n) is 3.70. The highest BCUT2D eigenvalue weighted by Crippen LogP contribution is 2.36. The van der Waals surface area contributed by atoms with Crippen LogP contribution in [-0.2, 0) is 16.1 Å². The molecular weight excluding hydrogens is 487 g/mol. The van der Waals surface area contributed by atoms with E-state index in [4.69, 9.17) is 40.5 Å². The van der Waals surface area contributed by atoms with Crippen LogP contribution in [0.3, 0.4) is 0 Å². The molecule has 0 bridgehead atoms. The molecule has 9 heteroatoms. The number of thiocarbonyl (C=S) groups is 1. The van der Waals surface area contributed by atoms with Crippen molar-refractivity contribution in [1.29, 1.82) is 0 Å². The minimum absolute atomic E-state index is 0.0626. The van der Waals surface area contributed by atoms with Crippen molar-refractivity contribution in [2.45, 2.75) is 19.9 Å². The maximum atomic E-state index is 12.9. The van der Waals surface area contributed by atoms with Crippen LogP contribution in [0.5, 0.6) is 0 Å². The number of benzene rings is 2. The number of para-hydroxylation sites is 1. The Morgan fingerprint density at radius 3 is 2.69 bits per heavy atom. The van der Waals surface area contributed by atoms with Crippen LogP contribution >= 0.6 is 47.2 Å². The Balaban J connectivity index is 1.74. The number of aromatic nitrogens is 1. The van der Waals surface area contributed by atoms with Crippen LogP contribution in [0.2, 0.25) is 10.0 Å². The number of halogens is 2. The number of carboxylic acid groups (broad SMARTS) is 1. The topological polar surface area (TPSA) is 62.5 Å². The van der Waals surface area contributed by atoms with Crippen molar-refractivity contribution in [3.05, 3.63) is 74.2 Å². The van der Waals surface area contributed by atoms with Crippen LogP contribution in [0.15, 0.2) is 47.4 Å². The van der Waals surface area contributed by atoms with Gasteiger partial charge < -0.3 is 9.67 Å². The first-order valence-electron chi connectivity index (χ1n) is 9.75. The molecule has 0 saturated carbocycles. The Bertz CT molecular complexity index is 1300. The second kappa shape index (κ2) is 9.27. The third kappa shape index (κ3) is 4.43. The van der Waals surface area contributed by atoms with Gasteiger partial charge in [-0.15, -0.1) is 0 Å². The van der Waals surface area contributed by atoms with E-state index in [0.717, 1.165) is 27.7 Å². The van der Waals surface area contributed by atoms with Gasteiger partial charge in [0, 0.05) is 45.3 Å². The molecule has 5 nitrogen and oxygen atoms in total. The van der Waals surface area contributed by atoms with Crippen LogP contribution in [0.4, 0.5) is 0 Å². The molecule has 1 fully saturated rings. The summed E-state index contributed by atoms with van der Waals surface area (Å²) in [4.78, 5) is 25.6. The number of carbonyl (C=O) groups is 2. The maximum absolute atomic E-state index is 12.9. The Hall–Kier alpha value is -2.32. The number of hydrogen-bond donors (Lipinski definition) is 1. The minimum Gasteiger partial charge on any atom is -0.481 e. The largest absolute Gasteiger partial charge is 0.481 e. The normalized spacial score (nSPS) is 15.3. The molecule has 0 aliphatic carbocycles. The zero-order valence-electron chi connectivity index (χ0n) is 17.0. The number of thioether (sulfide) groups is 1. The van der Waals surface area contributed by atoms with E-state index < -0.39 is 5.97 Å². The van der Waals surface area contributed by atoms with Crippen molar-refractivity contribution >= 4 is 80.4 Å². The molecule has 0 spiro atoms. The van der Waals surface area contributed by atoms with Crippen LogP contribution in [0.25, 0.3) is 17.0 Å². The predicted octanol–water partition coefficient (Wildman–Crippen LogP) is 5.98. The van der Waals surface area contributed by atoms with Crippen molar-refractivity contribution in [2.24, 2.45) is 0 Å². The number of aliphatic carboxylic acids is 1. The highest BCUT2D eigenvalue weighted by molar-refractivity contribution is 8.26. The number of hydrogen-bond acceptors (Lipinski definition) is 4. The van der Waals surface area contributed by atoms with E-state index in [2.05, 4.69) is 4.57 Å². The summed E-state index contributed by atoms with van der Waals surface area (Å²) >= 11 is 19.0. The standard InChI is InChI=1S/C23H18Cl2N2O3S2/c1-13-17(11-20-22(30)26(23(31)32-20)9-8-21(28)29)16-4-2-3-5-19(16)27(13)12-14-6-7-15(24)10-18(14)25/h2-7,10-11H,8-9,12H2,1H3,(H,28,29)/b20-11+. The molecule has 0 unspecified atom stereocenters. The zero-order valence-corrected chi connectivity index (χ0v) is 20.1. The van der Waals surface area contributed by atoms with Gasteiger partial charge in [-0.2, -0.15) is 0 Å². The summed E-state index contributed by atoms with van der Waals surface area (Å²) in [5, 5.41) is 11.1. The van der Waals surface area contributed by atoms with Crippen molar-refractivity contribution in [3.8, 4) is 0 Å². The summed E-state index contributed by atoms with van der Waals surface area (Å²) in [5.74, 6) is -1.24. The van der Waals surface area contributed by atoms with Crippen LogP contribution < -0.4 is 0 Å². The highest BCUT2D eigenvalue weighted by atomic mass is 35.5. The summed E-state index contributed by atoms with van der Waals surface area (Å²) in [6, 6.07) is 13.4. The minimum atomic E-state index is -0.970. The van der Waals surface area contributed by atoms with Gasteiger partial charge in [-0.3, -0.25) is 14.5 Å². The molecule has 0 atom stereocenters. The second-order valence-corrected chi connectivity index (χ2v) is 9.83. The fraction of sp³-hybridized carbons (Fsp3) is 0.174. The van der Waals surface area contributed by atoms with E-state index in [-0.39, 0.29) is 18.9 Å². The molecular formula is C23H18Cl2N2O3S2. The van der Waals surface area contributed by atoms with Gasteiger partial charge >= 0.3 is 5.97 Å². The van der Waals surface area contributed by atoms with Crippen molar-refractivity contribution < 1.29 is 14.7 Å². The van der Waals surface area contributed by atoms with Gasteiger partial charge in [0.05, 0.1) is 11.3 Å². The Labute approximate surface area is 204 Å². The van der Waals surface area contributed by atoms with Crippen LogP contribution in [-0.4, -0.2) is 37.3 Å². The Morgan fingerprint density at radius 1 is 1.22 bits per heavy atom. The first-order chi connectivity index (χ1) is 15.3. The first kappa shape index (κ1) is 22.9. The van der Waals surface area contributed by atoms with E-state index in [0.29, 0.717) is 25.8 Å². The van der Waals surface area contributed by atoms with Crippen molar-refractivity contribution in [1.82, 2.24) is 9.47 Å². The summed E-state index contributed by atoms with van der Waals surface area (Å²) in [5.41, 5.74) is 3.85. The smallest absolute Gasteiger partial charge is 0.305 e. The molecule has 1 N–H and O–H groups in total. The summed E-state index contributed by atoms with van der Waals surface area (Å²) in [6.45, 7) is 2.61. The molecule has 2 heterocycles. The quantitative estimate of drug-likeness (QED) is 0.330. The molecule has 1 saturated heterocycles. The third-order valence-electron chi connectivity index (χ3n) is 5.32. The van der Waals surface area contributed by atoms with E-state index >= 15 is 0 Å². The molecule has 164 valence electrons. The van der Waals surface area contributed by atoms with Gasteiger partial charge in [-0.05, 0) is 36.8 Å². The molecule has 32 heavy (non-hydrogen) atoms. The lowest BCUT2D eigenvalue weighted by atomic mass is 10.1. The van der Waals surface area contributed by atoms with E-state index in [1.165, 1.54) is 16.7 Å². The molecule has 1 aliphatic heterocycles. The van der Waals surface area contributed by atoms with Crippen molar-refractivity contribution in [2.75, 3.05) is 6.54 Å². The summed E-state index contributed by atoms with van der Waals surface area (Å²) in [6.07, 6.45) is 1.69. The number of rotatable bonds is 6. The maximum Gasteiger partial charge on any atom is 0.305 e. The average molecular weight is 505 g/mol. The molecule has 4 rings (SSSR count). The SMILES string of the molecule is Cc1c(/C=C2/SC(=S)N(CCC(=O)O)C2=O)c2ccccc2n1Cc1ccc(Cl)cc1Cl. The lowest BCUT2D eigenvalue weighted by Gasteiger charge is -2.12. The van der Waals surface area contributed by atoms with Crippen LogP contribution in [0.1, 0.15) is 23.2 Å². The van der Waals surface area contributed by atoms with E-state index in [1.54, 1.807) is 6.07 Å². The number of nitrogens with zero attached hydrogens (tertiary/aromatic N) is 2. The number of carboxylic acids is 1. The molecule has 2 aromatic carbocycles. The number of fused-ring (bicyclic) bond motifs is 1. The third-order valence-corrected chi connectivity index (χ3v) is 7.29. The number of carbonyl (C=O) groups excluding carboxylic acids is 1. The Morgan fingerprint density at radius 2 is 1.97 bits per heavy atom. The van der Waals surface area contributed by atoms with Crippen molar-refractivity contribution in [3.63, 3.8) is 0 Å². The monoisotopic (exact) mass is 504 g/mol. The zero-order chi connectivity index (χ0) is 23.0. The van der Waals surface area contributed by atoms with Gasteiger partial charge in [-0.1, -0.05) is 71.4 Å². The first-order valence-corrected chi connectivity index (χ1v) is 11.7. The average Bonchev–Trinajstić information content (AvgIpc) is 3.16. The molecule has 3 aromatic rings. The molecule has 1 aromatic heterocycles. The molecule has 1 aliphatic rings. The summed E-state index contributed by atoms with van der Waals surface area (Å²) in [7, 11) is 0. The lowest BCUT2D eigenvalue weighted by Crippen LogP contribution is -2.30. The van der Waals surface area contributed by atoms with Gasteiger partial charge in [0.25, 0.3) is 5.91 Å². The lowest BCUT2D eigenvalue weighted by molar-refractivity contribution is -0.137. The molecule has 1 amide bonds. The fourth-order valence-corrected chi connectivity index (χ4v) is 5.45. The van der Waals surface area contributed by atoms with E-state index in [9.17, 15) is 9.59 Å². The summed E-state index contributed by atoms with van der Waals surface area (Å²) < 4.78 is 2.53. The van der Waals surface area contributed by atoms with Gasteiger partial charge in [0.1, 0.15) is 4.32 Å². The predicted molar refractivity (Wildman–Crippen MR) is 134 cm³/mol. The molecule has 0 radical (unpaired) electrons. The van der Waals surface area contributed by atoms with Gasteiger partial charge in [-0.25, -0.2) is 0 Å². The Kier molecular flexibility index (Phi) is 6.62. The van der Waals surface area contributed by atoms with Gasteiger partial charge in [0.2, 0.25) is 0 Å².